The van der Waals surface area contributed by atoms with Gasteiger partial charge in [0.1, 0.15) is 5.82 Å². The summed E-state index contributed by atoms with van der Waals surface area (Å²) in [5.74, 6) is 0.865. The Morgan fingerprint density at radius 2 is 2.03 bits per heavy atom. The number of para-hydroxylation sites is 2. The van der Waals surface area contributed by atoms with Crippen LogP contribution in [-0.4, -0.2) is 42.6 Å². The first-order valence-corrected chi connectivity index (χ1v) is 10.5. The Hall–Kier alpha value is -3.27. The number of rotatable bonds is 5. The molecule has 0 unspecified atom stereocenters. The zero-order valence-electron chi connectivity index (χ0n) is 16.1. The van der Waals surface area contributed by atoms with E-state index in [1.807, 2.05) is 24.3 Å². The van der Waals surface area contributed by atoms with Crippen LogP contribution < -0.4 is 5.56 Å². The van der Waals surface area contributed by atoms with Crippen molar-refractivity contribution < 1.29 is 9.53 Å². The first-order valence-electron chi connectivity index (χ1n) is 9.51. The molecule has 1 saturated carbocycles. The lowest BCUT2D eigenvalue weighted by Crippen LogP contribution is -2.39. The highest BCUT2D eigenvalue weighted by molar-refractivity contribution is 7.98. The Balaban J connectivity index is 1.48. The molecule has 1 N–H and O–H groups in total. The third-order valence-corrected chi connectivity index (χ3v) is 6.26. The highest BCUT2D eigenvalue weighted by Gasteiger charge is 2.38. The van der Waals surface area contributed by atoms with Crippen molar-refractivity contribution >= 4 is 39.9 Å². The number of carbonyl (C=O) groups is 1. The number of methoxy groups -OCH3 is 1. The van der Waals surface area contributed by atoms with Crippen molar-refractivity contribution in [3.05, 3.63) is 52.8 Å². The van der Waals surface area contributed by atoms with Crippen LogP contribution in [0.4, 0.5) is 0 Å². The molecule has 10 heteroatoms. The molecule has 4 aromatic rings. The maximum absolute atomic E-state index is 13.1. The minimum absolute atomic E-state index is 0.126. The molecule has 0 bridgehead atoms. The molecule has 3 heterocycles. The van der Waals surface area contributed by atoms with E-state index >= 15 is 0 Å². The van der Waals surface area contributed by atoms with Gasteiger partial charge in [0.2, 0.25) is 0 Å². The smallest absolute Gasteiger partial charge is 0.308 e. The van der Waals surface area contributed by atoms with Crippen LogP contribution in [0.25, 0.3) is 22.2 Å². The number of hydrogen-bond acceptors (Lipinski definition) is 8. The molecule has 1 aliphatic carbocycles. The summed E-state index contributed by atoms with van der Waals surface area (Å²) in [5.41, 5.74) is 2.15. The molecule has 0 aliphatic heterocycles. The zero-order chi connectivity index (χ0) is 20.7. The fraction of sp³-hybridized carbons (Fsp3) is 0.300. The lowest BCUT2D eigenvalue weighted by Gasteiger charge is -2.35. The van der Waals surface area contributed by atoms with Gasteiger partial charge in [-0.25, -0.2) is 19.9 Å². The summed E-state index contributed by atoms with van der Waals surface area (Å²) in [6, 6.07) is 7.68. The van der Waals surface area contributed by atoms with E-state index in [1.54, 1.807) is 4.57 Å². The Kier molecular flexibility index (Phi) is 4.70. The van der Waals surface area contributed by atoms with E-state index in [9.17, 15) is 9.59 Å². The van der Waals surface area contributed by atoms with Gasteiger partial charge in [0.15, 0.2) is 16.3 Å². The van der Waals surface area contributed by atoms with Crippen molar-refractivity contribution in [2.24, 2.45) is 5.92 Å². The van der Waals surface area contributed by atoms with Crippen LogP contribution in [0.5, 0.6) is 0 Å². The number of aromatic amines is 1. The largest absolute Gasteiger partial charge is 0.469 e. The van der Waals surface area contributed by atoms with E-state index in [2.05, 4.69) is 24.9 Å². The number of hydrogen-bond donors (Lipinski definition) is 1. The number of thioether (sulfide) groups is 1. The molecule has 0 radical (unpaired) electrons. The summed E-state index contributed by atoms with van der Waals surface area (Å²) in [6.45, 7) is 0. The molecular weight excluding hydrogens is 404 g/mol. The standard InChI is InChI=1S/C20H18N6O3S/c1-29-19(28)11-8-12(9-11)26-18(27)16-17(22-7-6-21-16)25-20(26)30-10-15-23-13-4-2-3-5-14(13)24-15/h2-7,11-12H,8-10H2,1H3,(H,23,24). The van der Waals surface area contributed by atoms with Crippen LogP contribution in [0, 0.1) is 5.92 Å². The summed E-state index contributed by atoms with van der Waals surface area (Å²) in [5, 5.41) is 0.543. The van der Waals surface area contributed by atoms with E-state index in [0.29, 0.717) is 29.4 Å². The molecule has 30 heavy (non-hydrogen) atoms. The molecule has 152 valence electrons. The summed E-state index contributed by atoms with van der Waals surface area (Å²) in [7, 11) is 1.38. The number of imidazole rings is 1. The van der Waals surface area contributed by atoms with Crippen molar-refractivity contribution in [1.82, 2.24) is 29.5 Å². The van der Waals surface area contributed by atoms with E-state index in [-0.39, 0.29) is 29.0 Å². The van der Waals surface area contributed by atoms with Crippen LogP contribution in [0.1, 0.15) is 24.7 Å². The SMILES string of the molecule is COC(=O)C1CC(n2c(SCc3nc4ccccc4[nH]3)nc3nccnc3c2=O)C1. The third-order valence-electron chi connectivity index (χ3n) is 5.30. The van der Waals surface area contributed by atoms with Gasteiger partial charge in [0.25, 0.3) is 5.56 Å². The molecule has 0 atom stereocenters. The molecule has 1 aliphatic rings. The molecule has 9 nitrogen and oxygen atoms in total. The fourth-order valence-electron chi connectivity index (χ4n) is 3.70. The quantitative estimate of drug-likeness (QED) is 0.296. The van der Waals surface area contributed by atoms with Crippen LogP contribution in [-0.2, 0) is 15.3 Å². The number of benzene rings is 1. The average molecular weight is 422 g/mol. The zero-order valence-corrected chi connectivity index (χ0v) is 16.9. The molecular formula is C20H18N6O3S. The predicted octanol–water partition coefficient (Wildman–Crippen LogP) is 2.48. The summed E-state index contributed by atoms with van der Waals surface area (Å²) >= 11 is 1.41. The van der Waals surface area contributed by atoms with Gasteiger partial charge in [-0.05, 0) is 25.0 Å². The Morgan fingerprint density at radius 3 is 2.83 bits per heavy atom. The van der Waals surface area contributed by atoms with Crippen molar-refractivity contribution in [3.8, 4) is 0 Å². The van der Waals surface area contributed by atoms with Crippen molar-refractivity contribution in [2.45, 2.75) is 29.8 Å². The highest BCUT2D eigenvalue weighted by Crippen LogP contribution is 2.39. The van der Waals surface area contributed by atoms with Crippen molar-refractivity contribution in [2.75, 3.05) is 7.11 Å². The molecule has 0 spiro atoms. The van der Waals surface area contributed by atoms with Crippen LogP contribution in [0.3, 0.4) is 0 Å². The molecule has 1 aromatic carbocycles. The predicted molar refractivity (Wildman–Crippen MR) is 111 cm³/mol. The maximum Gasteiger partial charge on any atom is 0.308 e. The topological polar surface area (TPSA) is 116 Å². The van der Waals surface area contributed by atoms with Crippen LogP contribution in [0.15, 0.2) is 46.6 Å². The van der Waals surface area contributed by atoms with E-state index < -0.39 is 0 Å². The lowest BCUT2D eigenvalue weighted by atomic mass is 9.80. The number of ether oxygens (including phenoxy) is 1. The van der Waals surface area contributed by atoms with E-state index in [1.165, 1.54) is 31.3 Å². The van der Waals surface area contributed by atoms with Crippen LogP contribution in [0.2, 0.25) is 0 Å². The summed E-state index contributed by atoms with van der Waals surface area (Å²) in [4.78, 5) is 45.8. The molecule has 3 aromatic heterocycles. The van der Waals surface area contributed by atoms with E-state index in [0.717, 1.165) is 16.9 Å². The van der Waals surface area contributed by atoms with Crippen molar-refractivity contribution in [1.29, 1.82) is 0 Å². The minimum atomic E-state index is -0.246. The number of H-pyrrole nitrogens is 1. The van der Waals surface area contributed by atoms with Gasteiger partial charge >= 0.3 is 5.97 Å². The Labute approximate surface area is 174 Å². The number of nitrogens with one attached hydrogen (secondary N) is 1. The second-order valence-electron chi connectivity index (χ2n) is 7.13. The third kappa shape index (κ3) is 3.22. The molecule has 0 saturated heterocycles. The van der Waals surface area contributed by atoms with Gasteiger partial charge in [-0.3, -0.25) is 14.2 Å². The number of carbonyl (C=O) groups excluding carboxylic acids is 1. The minimum Gasteiger partial charge on any atom is -0.469 e. The highest BCUT2D eigenvalue weighted by atomic mass is 32.2. The van der Waals surface area contributed by atoms with E-state index in [4.69, 9.17) is 4.74 Å². The lowest BCUT2D eigenvalue weighted by molar-refractivity contribution is -0.149. The normalized spacial score (nSPS) is 18.4. The molecule has 1 fully saturated rings. The maximum atomic E-state index is 13.1. The number of fused-ring (bicyclic) bond motifs is 2. The molecule has 0 amide bonds. The summed E-state index contributed by atoms with van der Waals surface area (Å²) in [6.07, 6.45) is 4.08. The number of esters is 1. The Morgan fingerprint density at radius 1 is 1.23 bits per heavy atom. The van der Waals surface area contributed by atoms with Gasteiger partial charge in [0.05, 0.1) is 29.8 Å². The first kappa shape index (κ1) is 18.7. The van der Waals surface area contributed by atoms with Crippen molar-refractivity contribution in [3.63, 3.8) is 0 Å². The van der Waals surface area contributed by atoms with Gasteiger partial charge in [-0.2, -0.15) is 0 Å². The van der Waals surface area contributed by atoms with Gasteiger partial charge < -0.3 is 9.72 Å². The first-order chi connectivity index (χ1) is 14.6. The van der Waals surface area contributed by atoms with Gasteiger partial charge in [-0.15, -0.1) is 0 Å². The Bertz CT molecular complexity index is 1280. The number of aromatic nitrogens is 6. The summed E-state index contributed by atoms with van der Waals surface area (Å²) < 4.78 is 6.46. The molecule has 5 rings (SSSR count). The monoisotopic (exact) mass is 422 g/mol. The second-order valence-corrected chi connectivity index (χ2v) is 8.08. The number of nitrogens with zero attached hydrogens (tertiary/aromatic N) is 5. The fourth-order valence-corrected chi connectivity index (χ4v) is 4.62. The second kappa shape index (κ2) is 7.52. The van der Waals surface area contributed by atoms with Gasteiger partial charge in [-0.1, -0.05) is 23.9 Å². The van der Waals surface area contributed by atoms with Gasteiger partial charge in [0, 0.05) is 18.4 Å². The van der Waals surface area contributed by atoms with Crippen LogP contribution >= 0.6 is 11.8 Å². The average Bonchev–Trinajstić information content (AvgIpc) is 3.15.